The highest BCUT2D eigenvalue weighted by molar-refractivity contribution is 7.12. The molecule has 3 saturated heterocycles. The molecule has 3 aliphatic rings. The number of anilines is 3. The Morgan fingerprint density at radius 3 is 1.43 bits per heavy atom. The van der Waals surface area contributed by atoms with Gasteiger partial charge in [0.2, 0.25) is 0 Å². The lowest BCUT2D eigenvalue weighted by molar-refractivity contribution is -0.385. The average Bonchev–Trinajstić information content (AvgIpc) is 0.796. The van der Waals surface area contributed by atoms with E-state index in [1.54, 1.807) is 86.9 Å². The molecule has 10 aromatic rings. The largest absolute Gasteiger partial charge is 0.462 e. The third kappa shape index (κ3) is 16.2. The SMILES string of the molecule is CCOC(=O)c1c(N2CCN(C(=O)c3cccs3)CC2)c2ccccc2n(CCN(C)C)c1=O.CN(C)CCCn1c(=O)c([N+](=O)[O-])c(N2CCN(C(=O)c3ccc(F)cc3)CC2)c2ccccc21.O=C(c1ccco1)N1CCN(c2c([N+](=O)[O-])c(=O)n(Cc3ccc(F)cc3)c3ccccc23)CC1. The Kier molecular flexibility index (Phi) is 23.5. The van der Waals surface area contributed by atoms with E-state index in [2.05, 4.69) is 0 Å². The van der Waals surface area contributed by atoms with E-state index in [-0.39, 0.29) is 53.4 Å². The number of nitro groups is 2. The predicted octanol–water partition coefficient (Wildman–Crippen LogP) is 9.38. The summed E-state index contributed by atoms with van der Waals surface area (Å²) in [5.41, 5.74) is 1.57. The molecule has 3 amide bonds. The van der Waals surface area contributed by atoms with Gasteiger partial charge in [0, 0.05) is 120 Å². The molecule has 8 heterocycles. The number of piperazine rings is 3. The van der Waals surface area contributed by atoms with E-state index in [0.717, 1.165) is 22.3 Å². The number of aromatic nitrogens is 3. The number of esters is 1. The van der Waals surface area contributed by atoms with Crippen molar-refractivity contribution in [3.8, 4) is 0 Å². The van der Waals surface area contributed by atoms with Gasteiger partial charge in [-0.25, -0.2) is 13.6 Å². The maximum Gasteiger partial charge on any atom is 0.357 e. The summed E-state index contributed by atoms with van der Waals surface area (Å²) in [7, 11) is 7.77. The number of carbonyl (C=O) groups is 4. The minimum absolute atomic E-state index is 0.0178. The molecule has 0 atom stereocenters. The molecule has 13 rings (SSSR count). The lowest BCUT2D eigenvalue weighted by atomic mass is 10.1. The number of para-hydroxylation sites is 3. The van der Waals surface area contributed by atoms with Crippen LogP contribution < -0.4 is 31.4 Å². The minimum atomic E-state index is -0.734. The Balaban J connectivity index is 0.000000156. The second-order valence-electron chi connectivity index (χ2n) is 25.6. The Morgan fingerprint density at radius 1 is 0.510 bits per heavy atom. The zero-order valence-electron chi connectivity index (χ0n) is 58.2. The van der Waals surface area contributed by atoms with Gasteiger partial charge < -0.3 is 57.5 Å². The van der Waals surface area contributed by atoms with Crippen molar-refractivity contribution < 1.29 is 47.0 Å². The fourth-order valence-electron chi connectivity index (χ4n) is 13.3. The summed E-state index contributed by atoms with van der Waals surface area (Å²) in [5.74, 6) is -1.64. The number of thiophene rings is 1. The number of fused-ring (bicyclic) bond motifs is 3. The van der Waals surface area contributed by atoms with Gasteiger partial charge in [-0.1, -0.05) is 72.8 Å². The quantitative estimate of drug-likeness (QED) is 0.0414. The van der Waals surface area contributed by atoms with Crippen LogP contribution >= 0.6 is 11.3 Å². The number of amides is 3. The highest BCUT2D eigenvalue weighted by Gasteiger charge is 2.36. The molecule has 29 heteroatoms. The van der Waals surface area contributed by atoms with E-state index in [4.69, 9.17) is 9.15 Å². The molecule has 3 aliphatic heterocycles. The summed E-state index contributed by atoms with van der Waals surface area (Å²) in [4.78, 5) is 130. The second kappa shape index (κ2) is 33.1. The summed E-state index contributed by atoms with van der Waals surface area (Å²) in [6.07, 6.45) is 2.11. The zero-order chi connectivity index (χ0) is 73.9. The van der Waals surface area contributed by atoms with Crippen LogP contribution in [-0.4, -0.2) is 198 Å². The third-order valence-corrected chi connectivity index (χ3v) is 19.3. The molecule has 0 aliphatic carbocycles. The van der Waals surface area contributed by atoms with Gasteiger partial charge in [-0.05, 0) is 132 Å². The number of aryl methyl sites for hydroxylation is 1. The number of furan rings is 1. The van der Waals surface area contributed by atoms with Crippen LogP contribution in [0.5, 0.6) is 0 Å². The van der Waals surface area contributed by atoms with Crippen LogP contribution in [0, 0.1) is 31.9 Å². The van der Waals surface area contributed by atoms with E-state index in [1.807, 2.05) is 107 Å². The minimum Gasteiger partial charge on any atom is -0.462 e. The fourth-order valence-corrected chi connectivity index (χ4v) is 14.0. The number of pyridine rings is 3. The molecule has 5 aromatic carbocycles. The van der Waals surface area contributed by atoms with Gasteiger partial charge >= 0.3 is 28.5 Å². The first-order chi connectivity index (χ1) is 50.1. The summed E-state index contributed by atoms with van der Waals surface area (Å²) >= 11 is 1.43. The van der Waals surface area contributed by atoms with Crippen LogP contribution in [0.1, 0.15) is 59.9 Å². The van der Waals surface area contributed by atoms with Crippen LogP contribution in [0.3, 0.4) is 0 Å². The first-order valence-corrected chi connectivity index (χ1v) is 34.9. The molecule has 0 spiro atoms. The molecule has 0 N–H and O–H groups in total. The Labute approximate surface area is 600 Å². The van der Waals surface area contributed by atoms with E-state index in [0.29, 0.717) is 149 Å². The van der Waals surface area contributed by atoms with Gasteiger partial charge in [0.25, 0.3) is 23.3 Å². The van der Waals surface area contributed by atoms with Crippen molar-refractivity contribution in [1.29, 1.82) is 0 Å². The number of benzene rings is 5. The van der Waals surface area contributed by atoms with Crippen molar-refractivity contribution in [2.75, 3.05) is 141 Å². The molecular formula is C75H79F2N13O13S. The topological polar surface area (TPSA) is 269 Å². The highest BCUT2D eigenvalue weighted by atomic mass is 32.1. The number of nitrogens with zero attached hydrogens (tertiary/aromatic N) is 13. The van der Waals surface area contributed by atoms with Crippen LogP contribution in [-0.2, 0) is 24.4 Å². The number of rotatable bonds is 19. The predicted molar refractivity (Wildman–Crippen MR) is 395 cm³/mol. The van der Waals surface area contributed by atoms with Gasteiger partial charge in [-0.15, -0.1) is 11.3 Å². The van der Waals surface area contributed by atoms with Crippen molar-refractivity contribution >= 4 is 96.2 Å². The molecule has 26 nitrogen and oxygen atoms in total. The summed E-state index contributed by atoms with van der Waals surface area (Å²) < 4.78 is 41.6. The smallest absolute Gasteiger partial charge is 0.357 e. The van der Waals surface area contributed by atoms with E-state index < -0.39 is 49.9 Å². The number of likely N-dealkylation sites (N-methyl/N-ethyl adjacent to an activating group) is 1. The summed E-state index contributed by atoms with van der Waals surface area (Å²) in [6.45, 7) is 8.90. The van der Waals surface area contributed by atoms with Gasteiger partial charge in [0.1, 0.15) is 28.6 Å². The highest BCUT2D eigenvalue weighted by Crippen LogP contribution is 2.37. The maximum absolute atomic E-state index is 13.7. The Hall–Kier alpha value is -11.4. The molecule has 0 saturated carbocycles. The van der Waals surface area contributed by atoms with E-state index >= 15 is 0 Å². The first kappa shape index (κ1) is 73.8. The van der Waals surface area contributed by atoms with Crippen LogP contribution in [0.2, 0.25) is 0 Å². The summed E-state index contributed by atoms with van der Waals surface area (Å²) in [6, 6.07) is 39.9. The Morgan fingerprint density at radius 2 is 0.962 bits per heavy atom. The lowest BCUT2D eigenvalue weighted by Crippen LogP contribution is -2.49. The van der Waals surface area contributed by atoms with Crippen LogP contribution in [0.4, 0.5) is 37.2 Å². The lowest BCUT2D eigenvalue weighted by Gasteiger charge is -2.37. The molecule has 0 bridgehead atoms. The molecule has 5 aromatic heterocycles. The number of hydrogen-bond donors (Lipinski definition) is 0. The van der Waals surface area contributed by atoms with Crippen molar-refractivity contribution in [2.24, 2.45) is 0 Å². The van der Waals surface area contributed by atoms with Crippen LogP contribution in [0.15, 0.2) is 176 Å². The van der Waals surface area contributed by atoms with Crippen molar-refractivity contribution in [3.63, 3.8) is 0 Å². The van der Waals surface area contributed by atoms with E-state index in [1.165, 1.54) is 63.1 Å². The molecular weight excluding hydrogens is 1360 g/mol. The molecule has 104 heavy (non-hydrogen) atoms. The number of ether oxygens (including phenoxy) is 1. The number of halogens is 2. The van der Waals surface area contributed by atoms with Crippen LogP contribution in [0.25, 0.3) is 32.7 Å². The monoisotopic (exact) mass is 1440 g/mol. The van der Waals surface area contributed by atoms with Crippen molar-refractivity contribution in [1.82, 2.24) is 38.2 Å². The normalized spacial score (nSPS) is 14.0. The summed E-state index contributed by atoms with van der Waals surface area (Å²) in [5, 5.41) is 28.2. The number of hydrogen-bond acceptors (Lipinski definition) is 19. The van der Waals surface area contributed by atoms with Crippen molar-refractivity contribution in [3.05, 3.63) is 247 Å². The molecule has 0 radical (unpaired) electrons. The van der Waals surface area contributed by atoms with Gasteiger partial charge in [-0.3, -0.25) is 53.6 Å². The van der Waals surface area contributed by atoms with Gasteiger partial charge in [-0.2, -0.15) is 0 Å². The standard InChI is InChI=1S/C25H28FN5O4.C25H21FN4O5.C25H30N4O4S/c1-27(2)12-5-13-30-21-7-4-3-6-20(21)22(23(25(30)33)31(34)35)28-14-16-29(17-15-28)24(32)18-8-10-19(26)11-9-18;26-18-9-7-17(8-10-18)16-29-20-5-2-1-4-19(20)22(23(25(29)32)30(33)34)27-11-13-28(14-12-27)24(31)21-6-3-15-35-21;1-4-33-25(32)21-22(27-12-14-28(15-13-27)23(30)20-10-7-17-34-20)18-8-5-6-9-19(18)29(24(21)31)16-11-26(2)3/h3-4,6-11H,5,12-17H2,1-2H3;1-10,15H,11-14,16H2;5-10,17H,4,11-16H2,1-3H3. The van der Waals surface area contributed by atoms with Gasteiger partial charge in [0.15, 0.2) is 5.76 Å². The molecule has 0 unspecified atom stereocenters. The fraction of sp³-hybridized carbons (Fsp3) is 0.320. The van der Waals surface area contributed by atoms with E-state index in [9.17, 15) is 62.6 Å². The average molecular weight is 1440 g/mol. The van der Waals surface area contributed by atoms with Crippen molar-refractivity contribution in [2.45, 2.75) is 33.0 Å². The number of carbonyl (C=O) groups excluding carboxylic acids is 4. The van der Waals surface area contributed by atoms with Gasteiger partial charge in [0.05, 0.1) is 56.4 Å². The molecule has 3 fully saturated rings. The maximum atomic E-state index is 13.7. The third-order valence-electron chi connectivity index (χ3n) is 18.5. The zero-order valence-corrected chi connectivity index (χ0v) is 59.0. The Bertz CT molecular complexity index is 4970. The molecule has 542 valence electrons. The second-order valence-corrected chi connectivity index (χ2v) is 26.5. The first-order valence-electron chi connectivity index (χ1n) is 34.1.